The Labute approximate surface area is 115 Å². The van der Waals surface area contributed by atoms with Crippen molar-refractivity contribution in [1.82, 2.24) is 0 Å². The molecule has 0 aromatic heterocycles. The normalized spacial score (nSPS) is 11.9. The Bertz CT molecular complexity index is 594. The zero-order chi connectivity index (χ0) is 13.8. The van der Waals surface area contributed by atoms with Crippen molar-refractivity contribution in [3.8, 4) is 0 Å². The molecule has 0 aliphatic heterocycles. The maximum absolute atomic E-state index is 12.8. The number of benzene rings is 2. The van der Waals surface area contributed by atoms with Crippen LogP contribution in [0.25, 0.3) is 0 Å². The van der Waals surface area contributed by atoms with Crippen molar-refractivity contribution < 1.29 is 8.78 Å². The molecule has 0 atom stereocenters. The van der Waals surface area contributed by atoms with Gasteiger partial charge in [-0.3, -0.25) is 0 Å². The third kappa shape index (κ3) is 3.18. The van der Waals surface area contributed by atoms with Crippen LogP contribution in [0, 0.1) is 6.92 Å². The summed E-state index contributed by atoms with van der Waals surface area (Å²) in [6, 6.07) is 13.8. The predicted molar refractivity (Wildman–Crippen MR) is 74.6 cm³/mol. The van der Waals surface area contributed by atoms with Crippen LogP contribution < -0.4 is 0 Å². The van der Waals surface area contributed by atoms with Gasteiger partial charge in [0, 0.05) is 11.1 Å². The fourth-order valence-corrected chi connectivity index (χ4v) is 1.96. The molecular formula is C15H12ClF2N. The maximum atomic E-state index is 12.8. The topological polar surface area (TPSA) is 12.4 Å². The van der Waals surface area contributed by atoms with Crippen LogP contribution in [-0.2, 0) is 0 Å². The maximum Gasteiger partial charge on any atom is 0.264 e. The van der Waals surface area contributed by atoms with Gasteiger partial charge in [0.25, 0.3) is 6.43 Å². The summed E-state index contributed by atoms with van der Waals surface area (Å²) in [7, 11) is 0. The largest absolute Gasteiger partial charge is 0.264 e. The van der Waals surface area contributed by atoms with Crippen LogP contribution in [0.3, 0.4) is 0 Å². The van der Waals surface area contributed by atoms with E-state index in [-0.39, 0.29) is 10.7 Å². The molecule has 2 rings (SSSR count). The highest BCUT2D eigenvalue weighted by atomic mass is 35.5. The van der Waals surface area contributed by atoms with E-state index in [1.807, 2.05) is 30.3 Å². The fourth-order valence-electron chi connectivity index (χ4n) is 1.74. The highest BCUT2D eigenvalue weighted by Crippen LogP contribution is 2.29. The molecule has 19 heavy (non-hydrogen) atoms. The summed E-state index contributed by atoms with van der Waals surface area (Å²) in [5.74, 6) is 0. The van der Waals surface area contributed by atoms with Crippen LogP contribution in [0.5, 0.6) is 0 Å². The molecule has 0 heterocycles. The first-order valence-corrected chi connectivity index (χ1v) is 6.14. The third-order valence-electron chi connectivity index (χ3n) is 2.81. The molecule has 4 heteroatoms. The SMILES string of the molecule is Cc1c(N=C(Cl)c2ccccc2)cccc1C(F)F. The molecule has 0 amide bonds. The lowest BCUT2D eigenvalue weighted by Gasteiger charge is -2.07. The van der Waals surface area contributed by atoms with Gasteiger partial charge in [0.1, 0.15) is 5.17 Å². The van der Waals surface area contributed by atoms with Gasteiger partial charge in [-0.1, -0.05) is 54.1 Å². The van der Waals surface area contributed by atoms with Gasteiger partial charge in [0.15, 0.2) is 0 Å². The van der Waals surface area contributed by atoms with Gasteiger partial charge < -0.3 is 0 Å². The molecule has 0 saturated carbocycles. The van der Waals surface area contributed by atoms with E-state index in [0.717, 1.165) is 5.56 Å². The minimum Gasteiger partial charge on any atom is -0.236 e. The monoisotopic (exact) mass is 279 g/mol. The number of hydrogen-bond acceptors (Lipinski definition) is 1. The summed E-state index contributed by atoms with van der Waals surface area (Å²) >= 11 is 6.11. The quantitative estimate of drug-likeness (QED) is 0.681. The van der Waals surface area contributed by atoms with Crippen LogP contribution >= 0.6 is 11.6 Å². The minimum atomic E-state index is -2.51. The highest BCUT2D eigenvalue weighted by molar-refractivity contribution is 6.69. The van der Waals surface area contributed by atoms with Crippen molar-refractivity contribution in [2.45, 2.75) is 13.3 Å². The second-order valence-corrected chi connectivity index (χ2v) is 4.42. The summed E-state index contributed by atoms with van der Waals surface area (Å²) in [6.45, 7) is 1.62. The molecule has 2 aromatic carbocycles. The molecule has 0 saturated heterocycles. The van der Waals surface area contributed by atoms with Crippen molar-refractivity contribution in [3.05, 3.63) is 65.2 Å². The van der Waals surface area contributed by atoms with E-state index < -0.39 is 6.43 Å². The molecule has 0 aliphatic carbocycles. The number of alkyl halides is 2. The number of halogens is 3. The standard InChI is InChI=1S/C15H12ClF2N/c1-10-12(15(17)18)8-5-9-13(10)19-14(16)11-6-3-2-4-7-11/h2-9,15H,1H3. The third-order valence-corrected chi connectivity index (χ3v) is 3.12. The second kappa shape index (κ2) is 5.93. The molecule has 0 aliphatic rings. The van der Waals surface area contributed by atoms with Crippen LogP contribution in [-0.4, -0.2) is 5.17 Å². The zero-order valence-corrected chi connectivity index (χ0v) is 11.0. The molecule has 0 spiro atoms. The predicted octanol–water partition coefficient (Wildman–Crippen LogP) is 5.25. The van der Waals surface area contributed by atoms with E-state index >= 15 is 0 Å². The Morgan fingerprint density at radius 1 is 1.05 bits per heavy atom. The number of aliphatic imine (C=N–C) groups is 1. The van der Waals surface area contributed by atoms with Gasteiger partial charge >= 0.3 is 0 Å². The summed E-state index contributed by atoms with van der Waals surface area (Å²) in [5.41, 5.74) is 1.66. The second-order valence-electron chi connectivity index (χ2n) is 4.06. The Balaban J connectivity index is 2.41. The first-order valence-electron chi connectivity index (χ1n) is 5.77. The average Bonchev–Trinajstić information content (AvgIpc) is 2.41. The smallest absolute Gasteiger partial charge is 0.236 e. The summed E-state index contributed by atoms with van der Waals surface area (Å²) < 4.78 is 25.6. The van der Waals surface area contributed by atoms with Gasteiger partial charge in [-0.2, -0.15) is 0 Å². The van der Waals surface area contributed by atoms with E-state index in [1.165, 1.54) is 6.07 Å². The van der Waals surface area contributed by atoms with Gasteiger partial charge in [-0.25, -0.2) is 13.8 Å². The van der Waals surface area contributed by atoms with Crippen molar-refractivity contribution in [2.75, 3.05) is 0 Å². The average molecular weight is 280 g/mol. The van der Waals surface area contributed by atoms with Crippen molar-refractivity contribution in [1.29, 1.82) is 0 Å². The van der Waals surface area contributed by atoms with Crippen LogP contribution in [0.4, 0.5) is 14.5 Å². The first kappa shape index (κ1) is 13.7. The molecule has 0 radical (unpaired) electrons. The van der Waals surface area contributed by atoms with E-state index in [9.17, 15) is 8.78 Å². The number of hydrogen-bond donors (Lipinski definition) is 0. The summed E-state index contributed by atoms with van der Waals surface area (Å²) in [5, 5.41) is 0.287. The summed E-state index contributed by atoms with van der Waals surface area (Å²) in [6.07, 6.45) is -2.51. The Hall–Kier alpha value is -1.74. The van der Waals surface area contributed by atoms with Crippen molar-refractivity contribution >= 4 is 22.5 Å². The van der Waals surface area contributed by atoms with Crippen LogP contribution in [0.1, 0.15) is 23.1 Å². The zero-order valence-electron chi connectivity index (χ0n) is 10.3. The number of rotatable bonds is 3. The lowest BCUT2D eigenvalue weighted by molar-refractivity contribution is 0.150. The van der Waals surface area contributed by atoms with Gasteiger partial charge in [0.05, 0.1) is 5.69 Å². The molecule has 0 N–H and O–H groups in total. The Morgan fingerprint density at radius 2 is 1.74 bits per heavy atom. The van der Waals surface area contributed by atoms with E-state index in [1.54, 1.807) is 19.1 Å². The minimum absolute atomic E-state index is 0.0150. The van der Waals surface area contributed by atoms with Crippen LogP contribution in [0.2, 0.25) is 0 Å². The number of nitrogens with zero attached hydrogens (tertiary/aromatic N) is 1. The lowest BCUT2D eigenvalue weighted by atomic mass is 10.1. The fraction of sp³-hybridized carbons (Fsp3) is 0.133. The van der Waals surface area contributed by atoms with Crippen molar-refractivity contribution in [2.24, 2.45) is 4.99 Å². The molecule has 2 aromatic rings. The Morgan fingerprint density at radius 3 is 2.37 bits per heavy atom. The first-order chi connectivity index (χ1) is 9.09. The highest BCUT2D eigenvalue weighted by Gasteiger charge is 2.12. The molecule has 0 fully saturated rings. The van der Waals surface area contributed by atoms with E-state index in [0.29, 0.717) is 11.3 Å². The molecule has 98 valence electrons. The van der Waals surface area contributed by atoms with Gasteiger partial charge in [-0.05, 0) is 18.6 Å². The Kier molecular flexibility index (Phi) is 4.27. The van der Waals surface area contributed by atoms with E-state index in [2.05, 4.69) is 4.99 Å². The molecule has 0 bridgehead atoms. The van der Waals surface area contributed by atoms with E-state index in [4.69, 9.17) is 11.6 Å². The van der Waals surface area contributed by atoms with Gasteiger partial charge in [-0.15, -0.1) is 0 Å². The molecule has 0 unspecified atom stereocenters. The lowest BCUT2D eigenvalue weighted by Crippen LogP contribution is -1.93. The molecule has 1 nitrogen and oxygen atoms in total. The van der Waals surface area contributed by atoms with Crippen molar-refractivity contribution in [3.63, 3.8) is 0 Å². The summed E-state index contributed by atoms with van der Waals surface area (Å²) in [4.78, 5) is 4.22. The molecular weight excluding hydrogens is 268 g/mol. The van der Waals surface area contributed by atoms with Gasteiger partial charge in [0.2, 0.25) is 0 Å². The van der Waals surface area contributed by atoms with Crippen LogP contribution in [0.15, 0.2) is 53.5 Å².